The first-order valence-corrected chi connectivity index (χ1v) is 10.1. The van der Waals surface area contributed by atoms with Crippen LogP contribution in [0.4, 0.5) is 8.78 Å². The normalized spacial score (nSPS) is 12.7. The maximum atomic E-state index is 13.8. The molecule has 7 heteroatoms. The monoisotopic (exact) mass is 418 g/mol. The second-order valence-corrected chi connectivity index (χ2v) is 7.11. The predicted molar refractivity (Wildman–Crippen MR) is 111 cm³/mol. The molecule has 0 radical (unpaired) electrons. The van der Waals surface area contributed by atoms with Gasteiger partial charge >= 0.3 is 0 Å². The lowest BCUT2D eigenvalue weighted by Gasteiger charge is -2.31. The molecule has 0 fully saturated rings. The van der Waals surface area contributed by atoms with Crippen molar-refractivity contribution in [2.45, 2.75) is 52.2 Å². The number of nitrogens with one attached hydrogen (secondary N) is 1. The van der Waals surface area contributed by atoms with Gasteiger partial charge in [-0.05, 0) is 49.6 Å². The molecule has 0 saturated carbocycles. The summed E-state index contributed by atoms with van der Waals surface area (Å²) in [6.45, 7) is 5.33. The number of carbonyl (C=O) groups excluding carboxylic acids is 2. The number of nitrogens with zero attached hydrogens (tertiary/aromatic N) is 1. The minimum Gasteiger partial charge on any atom is -0.481 e. The molecule has 0 heterocycles. The summed E-state index contributed by atoms with van der Waals surface area (Å²) in [5.41, 5.74) is 0.672. The van der Waals surface area contributed by atoms with Crippen LogP contribution in [0.5, 0.6) is 5.75 Å². The molecule has 2 amide bonds. The van der Waals surface area contributed by atoms with E-state index in [4.69, 9.17) is 4.74 Å². The van der Waals surface area contributed by atoms with E-state index in [1.165, 1.54) is 35.2 Å². The standard InChI is InChI=1S/C23H28F2N2O3/c1-4-16(3)26-23(29)20(5-2)27(14-17-10-12-18(24)13-11-17)22(28)15-30-21-9-7-6-8-19(21)25/h6-13,16,20H,4-5,14-15H2,1-3H3,(H,26,29)/t16-,20-/m0/s1. The van der Waals surface area contributed by atoms with E-state index in [0.717, 1.165) is 6.42 Å². The minimum absolute atomic E-state index is 0.0373. The van der Waals surface area contributed by atoms with Crippen LogP contribution >= 0.6 is 0 Å². The highest BCUT2D eigenvalue weighted by Crippen LogP contribution is 2.17. The molecule has 30 heavy (non-hydrogen) atoms. The van der Waals surface area contributed by atoms with E-state index in [1.807, 2.05) is 20.8 Å². The number of carbonyl (C=O) groups is 2. The van der Waals surface area contributed by atoms with Crippen molar-refractivity contribution >= 4 is 11.8 Å². The summed E-state index contributed by atoms with van der Waals surface area (Å²) in [7, 11) is 0. The summed E-state index contributed by atoms with van der Waals surface area (Å²) in [5.74, 6) is -1.73. The lowest BCUT2D eigenvalue weighted by Crippen LogP contribution is -2.51. The number of benzene rings is 2. The third-order valence-corrected chi connectivity index (χ3v) is 4.84. The SMILES string of the molecule is CC[C@H](C)NC(=O)[C@H](CC)N(Cc1ccc(F)cc1)C(=O)COc1ccccc1F. The van der Waals surface area contributed by atoms with Gasteiger partial charge in [0.15, 0.2) is 18.2 Å². The molecule has 0 aliphatic rings. The van der Waals surface area contributed by atoms with Crippen molar-refractivity contribution in [1.82, 2.24) is 10.2 Å². The van der Waals surface area contributed by atoms with Gasteiger partial charge in [0.2, 0.25) is 5.91 Å². The molecule has 0 aliphatic heterocycles. The molecule has 0 spiro atoms. The average Bonchev–Trinajstić information content (AvgIpc) is 2.74. The summed E-state index contributed by atoms with van der Waals surface area (Å²) < 4.78 is 32.4. The van der Waals surface area contributed by atoms with Crippen LogP contribution in [0, 0.1) is 11.6 Å². The van der Waals surface area contributed by atoms with Crippen molar-refractivity contribution in [3.8, 4) is 5.75 Å². The van der Waals surface area contributed by atoms with Gasteiger partial charge in [-0.2, -0.15) is 0 Å². The van der Waals surface area contributed by atoms with Crippen LogP contribution in [0.15, 0.2) is 48.5 Å². The van der Waals surface area contributed by atoms with Gasteiger partial charge in [0, 0.05) is 12.6 Å². The maximum absolute atomic E-state index is 13.8. The molecule has 2 aromatic carbocycles. The van der Waals surface area contributed by atoms with Crippen LogP contribution in [0.2, 0.25) is 0 Å². The van der Waals surface area contributed by atoms with Crippen molar-refractivity contribution in [1.29, 1.82) is 0 Å². The zero-order chi connectivity index (χ0) is 22.1. The molecule has 2 rings (SSSR count). The summed E-state index contributed by atoms with van der Waals surface area (Å²) >= 11 is 0. The zero-order valence-corrected chi connectivity index (χ0v) is 17.5. The summed E-state index contributed by atoms with van der Waals surface area (Å²) in [5, 5.41) is 2.90. The molecule has 2 atom stereocenters. The van der Waals surface area contributed by atoms with E-state index in [9.17, 15) is 18.4 Å². The van der Waals surface area contributed by atoms with E-state index < -0.39 is 24.4 Å². The maximum Gasteiger partial charge on any atom is 0.261 e. The topological polar surface area (TPSA) is 58.6 Å². The Balaban J connectivity index is 2.21. The number of hydrogen-bond donors (Lipinski definition) is 1. The van der Waals surface area contributed by atoms with Crippen LogP contribution in [-0.2, 0) is 16.1 Å². The Kier molecular flexibility index (Phi) is 8.77. The first-order chi connectivity index (χ1) is 14.3. The van der Waals surface area contributed by atoms with Gasteiger partial charge in [0.05, 0.1) is 0 Å². The van der Waals surface area contributed by atoms with E-state index in [2.05, 4.69) is 5.32 Å². The predicted octanol–water partition coefficient (Wildman–Crippen LogP) is 4.07. The highest BCUT2D eigenvalue weighted by Gasteiger charge is 2.29. The molecule has 162 valence electrons. The highest BCUT2D eigenvalue weighted by atomic mass is 19.1. The van der Waals surface area contributed by atoms with Crippen LogP contribution < -0.4 is 10.1 Å². The van der Waals surface area contributed by atoms with Crippen molar-refractivity contribution in [3.63, 3.8) is 0 Å². The summed E-state index contributed by atoms with van der Waals surface area (Å²) in [4.78, 5) is 27.2. The fourth-order valence-corrected chi connectivity index (χ4v) is 2.93. The Morgan fingerprint density at radius 1 is 1.03 bits per heavy atom. The molecule has 2 aromatic rings. The highest BCUT2D eigenvalue weighted by molar-refractivity contribution is 5.88. The van der Waals surface area contributed by atoms with Crippen LogP contribution in [0.1, 0.15) is 39.2 Å². The Morgan fingerprint density at radius 2 is 1.70 bits per heavy atom. The van der Waals surface area contributed by atoms with Crippen LogP contribution in [0.3, 0.4) is 0 Å². The zero-order valence-electron chi connectivity index (χ0n) is 17.5. The number of para-hydroxylation sites is 1. The summed E-state index contributed by atoms with van der Waals surface area (Å²) in [6.07, 6.45) is 1.14. The molecule has 0 aliphatic carbocycles. The Labute approximate surface area is 176 Å². The first kappa shape index (κ1) is 23.3. The van der Waals surface area contributed by atoms with Gasteiger partial charge in [0.1, 0.15) is 11.9 Å². The van der Waals surface area contributed by atoms with Gasteiger partial charge in [-0.15, -0.1) is 0 Å². The fourth-order valence-electron chi connectivity index (χ4n) is 2.93. The Bertz CT molecular complexity index is 843. The number of hydrogen-bond acceptors (Lipinski definition) is 3. The second-order valence-electron chi connectivity index (χ2n) is 7.11. The molecule has 0 aromatic heterocycles. The largest absolute Gasteiger partial charge is 0.481 e. The number of rotatable bonds is 10. The third-order valence-electron chi connectivity index (χ3n) is 4.84. The number of amides is 2. The van der Waals surface area contributed by atoms with Gasteiger partial charge in [-0.3, -0.25) is 9.59 Å². The van der Waals surface area contributed by atoms with E-state index in [1.54, 1.807) is 18.2 Å². The van der Waals surface area contributed by atoms with Crippen molar-refractivity contribution < 1.29 is 23.1 Å². The average molecular weight is 418 g/mol. The Morgan fingerprint density at radius 3 is 2.30 bits per heavy atom. The van der Waals surface area contributed by atoms with Gasteiger partial charge < -0.3 is 15.0 Å². The molecule has 0 unspecified atom stereocenters. The molecule has 5 nitrogen and oxygen atoms in total. The molecule has 0 saturated heterocycles. The molecular weight excluding hydrogens is 390 g/mol. The van der Waals surface area contributed by atoms with Crippen LogP contribution in [-0.4, -0.2) is 35.4 Å². The number of halogens is 2. The van der Waals surface area contributed by atoms with Crippen molar-refractivity contribution in [2.75, 3.05) is 6.61 Å². The van der Waals surface area contributed by atoms with Gasteiger partial charge in [0.25, 0.3) is 5.91 Å². The first-order valence-electron chi connectivity index (χ1n) is 10.1. The quantitative estimate of drug-likeness (QED) is 0.633. The van der Waals surface area contributed by atoms with Crippen molar-refractivity contribution in [3.05, 3.63) is 65.7 Å². The van der Waals surface area contributed by atoms with Crippen molar-refractivity contribution in [2.24, 2.45) is 0 Å². The molecule has 1 N–H and O–H groups in total. The molecule has 0 bridgehead atoms. The fraction of sp³-hybridized carbons (Fsp3) is 0.391. The van der Waals surface area contributed by atoms with Gasteiger partial charge in [-0.1, -0.05) is 38.1 Å². The van der Waals surface area contributed by atoms with E-state index in [-0.39, 0.29) is 30.1 Å². The number of ether oxygens (including phenoxy) is 1. The van der Waals surface area contributed by atoms with Crippen LogP contribution in [0.25, 0.3) is 0 Å². The molecular formula is C23H28F2N2O3. The summed E-state index contributed by atoms with van der Waals surface area (Å²) in [6, 6.07) is 10.8. The minimum atomic E-state index is -0.735. The van der Waals surface area contributed by atoms with Gasteiger partial charge in [-0.25, -0.2) is 8.78 Å². The second kappa shape index (κ2) is 11.3. The smallest absolute Gasteiger partial charge is 0.261 e. The van der Waals surface area contributed by atoms with E-state index >= 15 is 0 Å². The lowest BCUT2D eigenvalue weighted by atomic mass is 10.1. The Hall–Kier alpha value is -2.96. The lowest BCUT2D eigenvalue weighted by molar-refractivity contribution is -0.143. The van der Waals surface area contributed by atoms with E-state index in [0.29, 0.717) is 12.0 Å². The third kappa shape index (κ3) is 6.54.